The van der Waals surface area contributed by atoms with Crippen molar-refractivity contribution in [3.05, 3.63) is 67.3 Å². The van der Waals surface area contributed by atoms with E-state index in [1.807, 2.05) is 41.3 Å². The number of nitrogen functional groups attached to an aromatic ring is 1. The van der Waals surface area contributed by atoms with Crippen molar-refractivity contribution >= 4 is 26.7 Å². The molecule has 0 atom stereocenters. The summed E-state index contributed by atoms with van der Waals surface area (Å²) in [7, 11) is -3.82. The van der Waals surface area contributed by atoms with Crippen molar-refractivity contribution in [2.45, 2.75) is 4.90 Å². The third kappa shape index (κ3) is 4.61. The number of piperazine rings is 1. The molecule has 4 heterocycles. The summed E-state index contributed by atoms with van der Waals surface area (Å²) in [5, 5.41) is 10.1. The fraction of sp³-hybridized carbons (Fsp3) is 0.240. The van der Waals surface area contributed by atoms with Gasteiger partial charge in [-0.25, -0.2) is 13.4 Å². The van der Waals surface area contributed by atoms with E-state index < -0.39 is 10.0 Å². The van der Waals surface area contributed by atoms with Gasteiger partial charge in [0.15, 0.2) is 0 Å². The minimum Gasteiger partial charge on any atom is -0.395 e. The first kappa shape index (κ1) is 23.3. The summed E-state index contributed by atoms with van der Waals surface area (Å²) in [6.45, 7) is 2.37. The van der Waals surface area contributed by atoms with Crippen molar-refractivity contribution in [3.63, 3.8) is 0 Å². The molecule has 180 valence electrons. The fourth-order valence-corrected chi connectivity index (χ4v) is 5.92. The van der Waals surface area contributed by atoms with Gasteiger partial charge in [0.2, 0.25) is 10.0 Å². The van der Waals surface area contributed by atoms with E-state index in [0.29, 0.717) is 38.3 Å². The van der Waals surface area contributed by atoms with E-state index in [1.165, 1.54) is 4.31 Å². The Hall–Kier alpha value is -3.44. The molecule has 0 radical (unpaired) electrons. The number of anilines is 1. The van der Waals surface area contributed by atoms with E-state index in [9.17, 15) is 8.42 Å². The molecular weight excluding hydrogens is 464 g/mol. The predicted molar refractivity (Wildman–Crippen MR) is 135 cm³/mol. The zero-order valence-corrected chi connectivity index (χ0v) is 19.9. The van der Waals surface area contributed by atoms with Crippen LogP contribution in [-0.2, 0) is 10.0 Å². The van der Waals surface area contributed by atoms with Crippen LogP contribution < -0.4 is 5.73 Å². The molecule has 0 unspecified atom stereocenters. The molecule has 1 saturated heterocycles. The van der Waals surface area contributed by atoms with Crippen LogP contribution in [0.25, 0.3) is 33.2 Å². The Kier molecular flexibility index (Phi) is 6.44. The number of aliphatic hydroxyl groups is 1. The highest BCUT2D eigenvalue weighted by molar-refractivity contribution is 7.89. The maximum Gasteiger partial charge on any atom is 0.246 e. The number of hydrogen-bond acceptors (Lipinski definition) is 8. The Morgan fingerprint density at radius 1 is 0.886 bits per heavy atom. The van der Waals surface area contributed by atoms with Gasteiger partial charge in [0, 0.05) is 68.5 Å². The van der Waals surface area contributed by atoms with Gasteiger partial charge in [-0.1, -0.05) is 6.07 Å². The summed E-state index contributed by atoms with van der Waals surface area (Å²) in [5.74, 6) is -0.0218. The first-order chi connectivity index (χ1) is 17.0. The number of aliphatic hydroxyl groups excluding tert-OH is 1. The molecule has 0 saturated carbocycles. The Morgan fingerprint density at radius 2 is 1.66 bits per heavy atom. The summed E-state index contributed by atoms with van der Waals surface area (Å²) < 4.78 is 28.3. The van der Waals surface area contributed by atoms with Crippen LogP contribution in [0.3, 0.4) is 0 Å². The minimum absolute atomic E-state index is 0.00579. The number of benzene rings is 1. The molecule has 3 N–H and O–H groups in total. The van der Waals surface area contributed by atoms with Gasteiger partial charge in [-0.2, -0.15) is 4.31 Å². The molecule has 1 aromatic carbocycles. The van der Waals surface area contributed by atoms with Gasteiger partial charge in [0.05, 0.1) is 12.1 Å². The third-order valence-electron chi connectivity index (χ3n) is 6.31. The molecule has 35 heavy (non-hydrogen) atoms. The van der Waals surface area contributed by atoms with Gasteiger partial charge in [-0.3, -0.25) is 14.9 Å². The van der Waals surface area contributed by atoms with Crippen LogP contribution in [-0.4, -0.2) is 77.0 Å². The standard InChI is InChI=1S/C25H26N6O3S/c26-25-24(35(33,34)31-11-9-30(10-12-31)13-14-32)16-20(17-29-25)19-1-2-23-22(15-19)21(5-8-28-23)18-3-6-27-7-4-18/h1-8,15-17,32H,9-14H2,(H2,26,29). The first-order valence-corrected chi connectivity index (χ1v) is 12.8. The van der Waals surface area contributed by atoms with E-state index in [4.69, 9.17) is 10.8 Å². The zero-order valence-electron chi connectivity index (χ0n) is 19.1. The second-order valence-corrected chi connectivity index (χ2v) is 10.3. The Bertz CT molecular complexity index is 1460. The van der Waals surface area contributed by atoms with Crippen molar-refractivity contribution in [1.29, 1.82) is 0 Å². The molecule has 1 aliphatic heterocycles. The van der Waals surface area contributed by atoms with Gasteiger partial charge in [0.1, 0.15) is 10.7 Å². The van der Waals surface area contributed by atoms with Crippen molar-refractivity contribution in [2.75, 3.05) is 45.1 Å². The molecule has 10 heteroatoms. The molecule has 3 aromatic heterocycles. The Morgan fingerprint density at radius 3 is 2.40 bits per heavy atom. The number of rotatable bonds is 6. The molecule has 9 nitrogen and oxygen atoms in total. The molecule has 0 bridgehead atoms. The monoisotopic (exact) mass is 490 g/mol. The SMILES string of the molecule is Nc1ncc(-c2ccc3nccc(-c4ccncc4)c3c2)cc1S(=O)(=O)N1CCN(CCO)CC1. The van der Waals surface area contributed by atoms with E-state index >= 15 is 0 Å². The second-order valence-electron chi connectivity index (χ2n) is 8.40. The topological polar surface area (TPSA) is 126 Å². The normalized spacial score (nSPS) is 15.5. The average Bonchev–Trinajstić information content (AvgIpc) is 2.89. The average molecular weight is 491 g/mol. The Labute approximate surface area is 203 Å². The molecule has 5 rings (SSSR count). The van der Waals surface area contributed by atoms with Crippen LogP contribution in [0.5, 0.6) is 0 Å². The maximum absolute atomic E-state index is 13.4. The molecule has 1 aliphatic rings. The van der Waals surface area contributed by atoms with Gasteiger partial charge >= 0.3 is 0 Å². The zero-order chi connectivity index (χ0) is 24.4. The summed E-state index contributed by atoms with van der Waals surface area (Å²) in [4.78, 5) is 14.8. The Balaban J connectivity index is 1.52. The largest absolute Gasteiger partial charge is 0.395 e. The number of hydrogen-bond donors (Lipinski definition) is 2. The van der Waals surface area contributed by atoms with Crippen molar-refractivity contribution in [2.24, 2.45) is 0 Å². The summed E-state index contributed by atoms with van der Waals surface area (Å²) >= 11 is 0. The number of β-amino-alcohol motifs (C(OH)–C–C–N with tert-alkyl or cyclic N) is 1. The number of nitrogens with two attached hydrogens (primary N) is 1. The van der Waals surface area contributed by atoms with Gasteiger partial charge in [-0.15, -0.1) is 0 Å². The van der Waals surface area contributed by atoms with Crippen LogP contribution >= 0.6 is 0 Å². The third-order valence-corrected chi connectivity index (χ3v) is 8.24. The summed E-state index contributed by atoms with van der Waals surface area (Å²) in [6, 6.07) is 13.3. The van der Waals surface area contributed by atoms with Crippen molar-refractivity contribution in [3.8, 4) is 22.3 Å². The lowest BCUT2D eigenvalue weighted by Crippen LogP contribution is -2.49. The lowest BCUT2D eigenvalue weighted by molar-refractivity contribution is 0.151. The number of nitrogens with zero attached hydrogens (tertiary/aromatic N) is 5. The van der Waals surface area contributed by atoms with E-state index in [2.05, 4.69) is 15.0 Å². The van der Waals surface area contributed by atoms with Crippen LogP contribution in [0.4, 0.5) is 5.82 Å². The molecule has 4 aromatic rings. The highest BCUT2D eigenvalue weighted by atomic mass is 32.2. The minimum atomic E-state index is -3.82. The van der Waals surface area contributed by atoms with Gasteiger partial charge in [-0.05, 0) is 53.1 Å². The van der Waals surface area contributed by atoms with Crippen molar-refractivity contribution < 1.29 is 13.5 Å². The molecule has 1 fully saturated rings. The highest BCUT2D eigenvalue weighted by Gasteiger charge is 2.30. The van der Waals surface area contributed by atoms with Crippen LogP contribution in [0.1, 0.15) is 0 Å². The fourth-order valence-electron chi connectivity index (χ4n) is 4.40. The quantitative estimate of drug-likeness (QED) is 0.422. The van der Waals surface area contributed by atoms with E-state index in [0.717, 1.165) is 27.6 Å². The van der Waals surface area contributed by atoms with Crippen LogP contribution in [0, 0.1) is 0 Å². The lowest BCUT2D eigenvalue weighted by atomic mass is 9.98. The van der Waals surface area contributed by atoms with E-state index in [1.54, 1.807) is 30.9 Å². The number of pyridine rings is 3. The van der Waals surface area contributed by atoms with Gasteiger partial charge in [0.25, 0.3) is 0 Å². The first-order valence-electron chi connectivity index (χ1n) is 11.4. The molecule has 0 amide bonds. The summed E-state index contributed by atoms with van der Waals surface area (Å²) in [6.07, 6.45) is 6.86. The van der Waals surface area contributed by atoms with Crippen LogP contribution in [0.15, 0.2) is 72.1 Å². The lowest BCUT2D eigenvalue weighted by Gasteiger charge is -2.33. The maximum atomic E-state index is 13.4. The second kappa shape index (κ2) is 9.67. The predicted octanol–water partition coefficient (Wildman–Crippen LogP) is 2.24. The highest BCUT2D eigenvalue weighted by Crippen LogP contribution is 2.33. The molecular formula is C25H26N6O3S. The molecule has 0 aliphatic carbocycles. The number of fused-ring (bicyclic) bond motifs is 1. The van der Waals surface area contributed by atoms with Crippen LogP contribution in [0.2, 0.25) is 0 Å². The smallest absolute Gasteiger partial charge is 0.246 e. The van der Waals surface area contributed by atoms with E-state index in [-0.39, 0.29) is 17.3 Å². The number of sulfonamides is 1. The summed E-state index contributed by atoms with van der Waals surface area (Å²) in [5.41, 5.74) is 10.4. The van der Waals surface area contributed by atoms with Gasteiger partial charge < -0.3 is 10.8 Å². The van der Waals surface area contributed by atoms with Crippen molar-refractivity contribution in [1.82, 2.24) is 24.2 Å². The number of aromatic nitrogens is 3. The molecule has 0 spiro atoms.